The number of nitrogens with zero attached hydrogens (tertiary/aromatic N) is 4. The molecule has 1 aromatic carbocycles. The Morgan fingerprint density at radius 3 is 2.33 bits per heavy atom. The number of nitrogens with one attached hydrogen (secondary N) is 2. The first-order valence-corrected chi connectivity index (χ1v) is 12.0. The highest BCUT2D eigenvalue weighted by Gasteiger charge is 2.39. The predicted molar refractivity (Wildman–Crippen MR) is 112 cm³/mol. The number of quaternary nitrogens is 2. The van der Waals surface area contributed by atoms with E-state index in [4.69, 9.17) is 0 Å². The van der Waals surface area contributed by atoms with Crippen LogP contribution in [0.5, 0.6) is 0 Å². The van der Waals surface area contributed by atoms with Gasteiger partial charge in [-0.1, -0.05) is 31.4 Å². The summed E-state index contributed by atoms with van der Waals surface area (Å²) in [5, 5.41) is 12.9. The van der Waals surface area contributed by atoms with Crippen LogP contribution in [0.15, 0.2) is 24.3 Å². The van der Waals surface area contributed by atoms with Crippen molar-refractivity contribution >= 4 is 0 Å². The Labute approximate surface area is 178 Å². The van der Waals surface area contributed by atoms with Crippen LogP contribution in [0, 0.1) is 5.82 Å². The summed E-state index contributed by atoms with van der Waals surface area (Å²) in [6.45, 7) is 4.41. The lowest BCUT2D eigenvalue weighted by Crippen LogP contribution is -3.29. The van der Waals surface area contributed by atoms with Crippen LogP contribution in [0.3, 0.4) is 0 Å². The van der Waals surface area contributed by atoms with Crippen LogP contribution >= 0.6 is 0 Å². The van der Waals surface area contributed by atoms with Gasteiger partial charge in [0.05, 0.1) is 17.6 Å². The molecule has 30 heavy (non-hydrogen) atoms. The minimum absolute atomic E-state index is 0.130. The molecule has 1 aliphatic heterocycles. The molecule has 7 heteroatoms. The van der Waals surface area contributed by atoms with Gasteiger partial charge in [-0.05, 0) is 61.1 Å². The van der Waals surface area contributed by atoms with Gasteiger partial charge in [0.25, 0.3) is 0 Å². The lowest BCUT2D eigenvalue weighted by molar-refractivity contribution is -1.03. The van der Waals surface area contributed by atoms with Gasteiger partial charge in [0, 0.05) is 0 Å². The van der Waals surface area contributed by atoms with Crippen molar-refractivity contribution < 1.29 is 14.2 Å². The van der Waals surface area contributed by atoms with Crippen molar-refractivity contribution in [3.63, 3.8) is 0 Å². The molecule has 1 atom stereocenters. The number of piperazine rings is 1. The van der Waals surface area contributed by atoms with Gasteiger partial charge in [-0.25, -0.2) is 9.07 Å². The van der Waals surface area contributed by atoms with E-state index in [2.05, 4.69) is 15.5 Å². The summed E-state index contributed by atoms with van der Waals surface area (Å²) in [6, 6.07) is 8.29. The van der Waals surface area contributed by atoms with Crippen LogP contribution in [-0.2, 0) is 0 Å². The molecule has 0 bridgehead atoms. The fraction of sp³-hybridized carbons (Fsp3) is 0.696. The van der Waals surface area contributed by atoms with Gasteiger partial charge < -0.3 is 9.80 Å². The quantitative estimate of drug-likeness (QED) is 0.771. The van der Waals surface area contributed by atoms with Crippen molar-refractivity contribution in [1.82, 2.24) is 20.2 Å². The minimum atomic E-state index is -0.141. The zero-order chi connectivity index (χ0) is 20.3. The number of hydrogen-bond donors (Lipinski definition) is 2. The van der Waals surface area contributed by atoms with Gasteiger partial charge in [0.2, 0.25) is 5.82 Å². The van der Waals surface area contributed by atoms with Crippen LogP contribution in [0.2, 0.25) is 0 Å². The van der Waals surface area contributed by atoms with E-state index < -0.39 is 0 Å². The van der Waals surface area contributed by atoms with Crippen molar-refractivity contribution in [1.29, 1.82) is 0 Å². The zero-order valence-electron chi connectivity index (χ0n) is 17.9. The van der Waals surface area contributed by atoms with E-state index in [1.54, 1.807) is 17.0 Å². The molecule has 3 fully saturated rings. The second kappa shape index (κ2) is 9.10. The van der Waals surface area contributed by atoms with Crippen molar-refractivity contribution in [3.8, 4) is 0 Å². The summed E-state index contributed by atoms with van der Waals surface area (Å²) in [5.41, 5.74) is 0.739. The standard InChI is InChI=1S/C23H33FN6/c24-21-13-7-6-12-20(21)22(23-25-26-27-30(23)19-10-4-5-11-19)29-16-14-28(15-17-29)18-8-2-1-3-9-18/h6-7,12-13,18-19,22H,1-5,8-11,14-17H2/p+2/t22-/m0/s1. The molecule has 6 nitrogen and oxygen atoms in total. The van der Waals surface area contributed by atoms with E-state index in [0.29, 0.717) is 6.04 Å². The Hall–Kier alpha value is -1.86. The van der Waals surface area contributed by atoms with Crippen LogP contribution < -0.4 is 9.80 Å². The van der Waals surface area contributed by atoms with Gasteiger partial charge in [-0.3, -0.25) is 0 Å². The first kappa shape index (κ1) is 20.1. The largest absolute Gasteiger partial charge is 0.323 e. The molecule has 2 heterocycles. The highest BCUT2D eigenvalue weighted by Crippen LogP contribution is 2.31. The first-order chi connectivity index (χ1) is 14.8. The molecule has 0 spiro atoms. The number of aromatic nitrogens is 4. The fourth-order valence-electron chi connectivity index (χ4n) is 6.15. The maximum Gasteiger partial charge on any atom is 0.214 e. The van der Waals surface area contributed by atoms with Gasteiger partial charge in [0.15, 0.2) is 6.04 Å². The van der Waals surface area contributed by atoms with E-state index in [-0.39, 0.29) is 11.9 Å². The highest BCUT2D eigenvalue weighted by atomic mass is 19.1. The molecule has 2 N–H and O–H groups in total. The maximum atomic E-state index is 15.0. The Balaban J connectivity index is 1.41. The fourth-order valence-corrected chi connectivity index (χ4v) is 6.15. The van der Waals surface area contributed by atoms with Gasteiger partial charge >= 0.3 is 0 Å². The first-order valence-electron chi connectivity index (χ1n) is 12.0. The monoisotopic (exact) mass is 414 g/mol. The number of rotatable bonds is 5. The molecule has 2 saturated carbocycles. The molecular weight excluding hydrogens is 379 g/mol. The second-order valence-corrected chi connectivity index (χ2v) is 9.53. The number of tetrazole rings is 1. The van der Waals surface area contributed by atoms with E-state index in [1.807, 2.05) is 16.8 Å². The molecule has 3 aliphatic rings. The molecule has 0 radical (unpaired) electrons. The van der Waals surface area contributed by atoms with Crippen LogP contribution in [0.1, 0.15) is 81.3 Å². The summed E-state index contributed by atoms with van der Waals surface area (Å²) >= 11 is 0. The Bertz CT molecular complexity index is 819. The van der Waals surface area contributed by atoms with Gasteiger partial charge in [0.1, 0.15) is 32.0 Å². The Morgan fingerprint density at radius 2 is 1.60 bits per heavy atom. The third-order valence-corrected chi connectivity index (χ3v) is 7.79. The topological polar surface area (TPSA) is 52.5 Å². The van der Waals surface area contributed by atoms with Crippen molar-refractivity contribution in [3.05, 3.63) is 41.5 Å². The summed E-state index contributed by atoms with van der Waals surface area (Å²) in [4.78, 5) is 3.18. The predicted octanol–water partition coefficient (Wildman–Crippen LogP) is 1.13. The zero-order valence-corrected chi connectivity index (χ0v) is 17.9. The number of benzene rings is 1. The molecule has 1 aromatic heterocycles. The average molecular weight is 415 g/mol. The minimum Gasteiger partial charge on any atom is -0.323 e. The van der Waals surface area contributed by atoms with Crippen molar-refractivity contribution in [2.45, 2.75) is 75.9 Å². The van der Waals surface area contributed by atoms with Crippen molar-refractivity contribution in [2.24, 2.45) is 0 Å². The molecule has 162 valence electrons. The van der Waals surface area contributed by atoms with E-state index in [1.165, 1.54) is 49.8 Å². The third-order valence-electron chi connectivity index (χ3n) is 7.79. The lowest BCUT2D eigenvalue weighted by atomic mass is 9.93. The Kier molecular flexibility index (Phi) is 6.09. The normalized spacial score (nSPS) is 27.4. The second-order valence-electron chi connectivity index (χ2n) is 9.53. The summed E-state index contributed by atoms with van der Waals surface area (Å²) in [6.07, 6.45) is 11.6. The van der Waals surface area contributed by atoms with E-state index in [9.17, 15) is 4.39 Å². The molecule has 2 aromatic rings. The summed E-state index contributed by atoms with van der Waals surface area (Å²) in [5.74, 6) is 0.709. The molecule has 5 rings (SSSR count). The Morgan fingerprint density at radius 1 is 0.900 bits per heavy atom. The third kappa shape index (κ3) is 4.02. The number of hydrogen-bond acceptors (Lipinski definition) is 3. The lowest BCUT2D eigenvalue weighted by Gasteiger charge is -2.38. The highest BCUT2D eigenvalue weighted by molar-refractivity contribution is 5.24. The smallest absolute Gasteiger partial charge is 0.214 e. The SMILES string of the molecule is Fc1ccccc1[C@@H](c1nnnn1C1CCCC1)[NH+]1CC[NH+](C2CCCCC2)CC1. The summed E-state index contributed by atoms with van der Waals surface area (Å²) in [7, 11) is 0. The summed E-state index contributed by atoms with van der Waals surface area (Å²) < 4.78 is 17.0. The average Bonchev–Trinajstić information content (AvgIpc) is 3.48. The van der Waals surface area contributed by atoms with Gasteiger partial charge in [-0.15, -0.1) is 5.10 Å². The molecular formula is C23H35FN6+2. The van der Waals surface area contributed by atoms with E-state index >= 15 is 0 Å². The molecule has 0 amide bonds. The van der Waals surface area contributed by atoms with Crippen LogP contribution in [0.25, 0.3) is 0 Å². The van der Waals surface area contributed by atoms with Crippen molar-refractivity contribution in [2.75, 3.05) is 26.2 Å². The molecule has 2 aliphatic carbocycles. The molecule has 0 unspecified atom stereocenters. The van der Waals surface area contributed by atoms with Gasteiger partial charge in [-0.2, -0.15) is 0 Å². The van der Waals surface area contributed by atoms with E-state index in [0.717, 1.165) is 56.5 Å². The maximum absolute atomic E-state index is 15.0. The van der Waals surface area contributed by atoms with Crippen LogP contribution in [-0.4, -0.2) is 52.4 Å². The number of halogens is 1. The van der Waals surface area contributed by atoms with Crippen LogP contribution in [0.4, 0.5) is 4.39 Å². The molecule has 1 saturated heterocycles.